The fourth-order valence-electron chi connectivity index (χ4n) is 2.22. The summed E-state index contributed by atoms with van der Waals surface area (Å²) in [6.07, 6.45) is 0. The van der Waals surface area contributed by atoms with E-state index in [1.165, 1.54) is 19.2 Å². The van der Waals surface area contributed by atoms with Gasteiger partial charge in [0.25, 0.3) is 0 Å². The Hall–Kier alpha value is -2.22. The van der Waals surface area contributed by atoms with E-state index in [0.717, 1.165) is 29.0 Å². The molecule has 0 unspecified atom stereocenters. The molecule has 0 saturated heterocycles. The summed E-state index contributed by atoms with van der Waals surface area (Å²) in [5, 5.41) is 7.48. The van der Waals surface area contributed by atoms with Crippen molar-refractivity contribution in [1.82, 2.24) is 24.7 Å². The highest BCUT2D eigenvalue weighted by atomic mass is 19.1. The van der Waals surface area contributed by atoms with Gasteiger partial charge >= 0.3 is 5.69 Å². The van der Waals surface area contributed by atoms with Crippen LogP contribution in [0.4, 0.5) is 4.39 Å². The molecular formula is C15H22FN5O2. The molecular weight excluding hydrogens is 301 g/mol. The predicted octanol–water partition coefficient (Wildman–Crippen LogP) is 1.13. The lowest BCUT2D eigenvalue weighted by molar-refractivity contribution is 0.222. The van der Waals surface area contributed by atoms with Crippen LogP contribution in [0.1, 0.15) is 19.4 Å². The molecule has 1 heterocycles. The van der Waals surface area contributed by atoms with Crippen molar-refractivity contribution in [3.05, 3.63) is 34.0 Å². The number of nitrogens with zero attached hydrogens (tertiary/aromatic N) is 5. The minimum atomic E-state index is -0.412. The van der Waals surface area contributed by atoms with Gasteiger partial charge in [0, 0.05) is 19.7 Å². The Morgan fingerprint density at radius 2 is 1.96 bits per heavy atom. The van der Waals surface area contributed by atoms with Crippen molar-refractivity contribution in [2.45, 2.75) is 20.8 Å². The number of aryl methyl sites for hydroxylation is 2. The van der Waals surface area contributed by atoms with Crippen LogP contribution in [0.5, 0.6) is 5.75 Å². The fraction of sp³-hybridized carbons (Fsp3) is 0.533. The summed E-state index contributed by atoms with van der Waals surface area (Å²) in [6, 6.07) is 2.83. The Labute approximate surface area is 134 Å². The fourth-order valence-corrected chi connectivity index (χ4v) is 2.22. The topological polar surface area (TPSA) is 65.2 Å². The lowest BCUT2D eigenvalue weighted by Gasteiger charge is -2.19. The second-order valence-corrected chi connectivity index (χ2v) is 5.24. The van der Waals surface area contributed by atoms with Gasteiger partial charge in [-0.2, -0.15) is 9.36 Å². The summed E-state index contributed by atoms with van der Waals surface area (Å²) >= 11 is 0. The molecule has 0 amide bonds. The Kier molecular flexibility index (Phi) is 5.49. The van der Waals surface area contributed by atoms with E-state index in [0.29, 0.717) is 17.9 Å². The first-order valence-corrected chi connectivity index (χ1v) is 7.62. The molecule has 0 radical (unpaired) electrons. The van der Waals surface area contributed by atoms with Crippen LogP contribution in [-0.4, -0.2) is 50.9 Å². The summed E-state index contributed by atoms with van der Waals surface area (Å²) in [4.78, 5) is 14.2. The van der Waals surface area contributed by atoms with Gasteiger partial charge in [-0.3, -0.25) is 0 Å². The molecule has 0 fully saturated rings. The number of likely N-dealkylation sites (N-methyl/N-ethyl adjacent to an activating group) is 1. The molecule has 1 aromatic heterocycles. The lowest BCUT2D eigenvalue weighted by atomic mass is 10.2. The number of aromatic nitrogens is 4. The zero-order valence-electron chi connectivity index (χ0n) is 13.9. The van der Waals surface area contributed by atoms with Gasteiger partial charge in [0.05, 0.1) is 0 Å². The second-order valence-electron chi connectivity index (χ2n) is 5.24. The molecule has 2 rings (SSSR count). The Morgan fingerprint density at radius 1 is 1.26 bits per heavy atom. The monoisotopic (exact) mass is 323 g/mol. The molecule has 8 heteroatoms. The van der Waals surface area contributed by atoms with Gasteiger partial charge in [-0.25, -0.2) is 9.18 Å². The van der Waals surface area contributed by atoms with E-state index in [1.807, 2.05) is 0 Å². The van der Waals surface area contributed by atoms with Gasteiger partial charge < -0.3 is 9.64 Å². The average molecular weight is 323 g/mol. The van der Waals surface area contributed by atoms with E-state index in [4.69, 9.17) is 4.74 Å². The maximum atomic E-state index is 13.9. The molecule has 0 aliphatic rings. The zero-order valence-corrected chi connectivity index (χ0v) is 13.9. The zero-order chi connectivity index (χ0) is 17.0. The Morgan fingerprint density at radius 3 is 2.52 bits per heavy atom. The van der Waals surface area contributed by atoms with Crippen LogP contribution < -0.4 is 10.4 Å². The maximum Gasteiger partial charge on any atom is 0.368 e. The number of tetrazole rings is 1. The summed E-state index contributed by atoms with van der Waals surface area (Å²) in [5.74, 6) is -0.105. The van der Waals surface area contributed by atoms with Gasteiger partial charge in [0.1, 0.15) is 23.9 Å². The number of ether oxygens (including phenoxy) is 1. The van der Waals surface area contributed by atoms with Gasteiger partial charge in [-0.1, -0.05) is 13.8 Å². The predicted molar refractivity (Wildman–Crippen MR) is 84.6 cm³/mol. The maximum absolute atomic E-state index is 13.9. The molecule has 1 aromatic carbocycles. The first kappa shape index (κ1) is 17.1. The number of hydrogen-bond acceptors (Lipinski definition) is 5. The number of halogens is 1. The van der Waals surface area contributed by atoms with Crippen molar-refractivity contribution in [3.63, 3.8) is 0 Å². The highest BCUT2D eigenvalue weighted by Gasteiger charge is 2.15. The lowest BCUT2D eigenvalue weighted by Crippen LogP contribution is -2.28. The van der Waals surface area contributed by atoms with E-state index < -0.39 is 5.69 Å². The number of hydrogen-bond donors (Lipinski definition) is 0. The highest BCUT2D eigenvalue weighted by molar-refractivity contribution is 5.48. The third-order valence-corrected chi connectivity index (χ3v) is 3.75. The van der Waals surface area contributed by atoms with Crippen LogP contribution in [-0.2, 0) is 7.05 Å². The highest BCUT2D eigenvalue weighted by Crippen LogP contribution is 2.25. The summed E-state index contributed by atoms with van der Waals surface area (Å²) < 4.78 is 21.8. The van der Waals surface area contributed by atoms with Crippen LogP contribution in [0.2, 0.25) is 0 Å². The van der Waals surface area contributed by atoms with Gasteiger partial charge in [0.2, 0.25) is 0 Å². The van der Waals surface area contributed by atoms with E-state index in [2.05, 4.69) is 29.2 Å². The van der Waals surface area contributed by atoms with Crippen molar-refractivity contribution < 1.29 is 9.13 Å². The Balaban J connectivity index is 2.29. The summed E-state index contributed by atoms with van der Waals surface area (Å²) in [6.45, 7) is 8.71. The van der Waals surface area contributed by atoms with Crippen LogP contribution in [0.25, 0.3) is 5.69 Å². The molecule has 0 N–H and O–H groups in total. The number of rotatable bonds is 7. The molecule has 23 heavy (non-hydrogen) atoms. The van der Waals surface area contributed by atoms with Crippen LogP contribution >= 0.6 is 0 Å². The first-order valence-electron chi connectivity index (χ1n) is 7.62. The third kappa shape index (κ3) is 3.76. The van der Waals surface area contributed by atoms with E-state index in [9.17, 15) is 9.18 Å². The van der Waals surface area contributed by atoms with Crippen molar-refractivity contribution in [2.24, 2.45) is 7.05 Å². The first-order chi connectivity index (χ1) is 11.0. The molecule has 0 bridgehead atoms. The van der Waals surface area contributed by atoms with E-state index in [1.54, 1.807) is 6.92 Å². The Bertz CT molecular complexity index is 721. The smallest absolute Gasteiger partial charge is 0.368 e. The molecule has 126 valence electrons. The second kappa shape index (κ2) is 7.36. The molecule has 0 atom stereocenters. The normalized spacial score (nSPS) is 11.2. The van der Waals surface area contributed by atoms with Crippen LogP contribution in [0, 0.1) is 12.7 Å². The van der Waals surface area contributed by atoms with Crippen LogP contribution in [0.3, 0.4) is 0 Å². The molecule has 0 aliphatic heterocycles. The van der Waals surface area contributed by atoms with Crippen molar-refractivity contribution in [3.8, 4) is 11.4 Å². The van der Waals surface area contributed by atoms with Crippen LogP contribution in [0.15, 0.2) is 16.9 Å². The average Bonchev–Trinajstić information content (AvgIpc) is 2.86. The molecule has 2 aromatic rings. The van der Waals surface area contributed by atoms with E-state index in [-0.39, 0.29) is 11.6 Å². The largest absolute Gasteiger partial charge is 0.490 e. The van der Waals surface area contributed by atoms with Crippen molar-refractivity contribution >= 4 is 0 Å². The summed E-state index contributed by atoms with van der Waals surface area (Å²) in [5.41, 5.74) is 0.389. The standard InChI is InChI=1S/C15H22FN5O2/c1-5-20(6-2)7-8-23-14-10-12(16)11(3)9-13(14)21-15(22)19(4)17-18-21/h9-10H,5-8H2,1-4H3. The third-order valence-electron chi connectivity index (χ3n) is 3.75. The molecule has 0 saturated carbocycles. The molecule has 0 spiro atoms. The van der Waals surface area contributed by atoms with E-state index >= 15 is 0 Å². The SMILES string of the molecule is CCN(CC)CCOc1cc(F)c(C)cc1-n1nnn(C)c1=O. The number of benzene rings is 1. The minimum absolute atomic E-state index is 0.280. The minimum Gasteiger partial charge on any atom is -0.490 e. The summed E-state index contributed by atoms with van der Waals surface area (Å²) in [7, 11) is 1.50. The van der Waals surface area contributed by atoms with Gasteiger partial charge in [-0.15, -0.1) is 0 Å². The van der Waals surface area contributed by atoms with Gasteiger partial charge in [0.15, 0.2) is 0 Å². The molecule has 7 nitrogen and oxygen atoms in total. The molecule has 0 aliphatic carbocycles. The van der Waals surface area contributed by atoms with Crippen molar-refractivity contribution in [2.75, 3.05) is 26.2 Å². The van der Waals surface area contributed by atoms with Gasteiger partial charge in [-0.05, 0) is 42.1 Å². The van der Waals surface area contributed by atoms with Crippen molar-refractivity contribution in [1.29, 1.82) is 0 Å². The quantitative estimate of drug-likeness (QED) is 0.764.